The lowest BCUT2D eigenvalue weighted by Gasteiger charge is -2.24. The minimum atomic E-state index is -0.978. The third-order valence-corrected chi connectivity index (χ3v) is 6.22. The van der Waals surface area contributed by atoms with Gasteiger partial charge in [0.1, 0.15) is 24.4 Å². The third kappa shape index (κ3) is 14.3. The zero-order valence-electron chi connectivity index (χ0n) is 20.1. The minimum Gasteiger partial charge on any atom is -0.394 e. The van der Waals surface area contributed by atoms with E-state index in [1.165, 1.54) is 89.9 Å². The molecule has 5 heteroatoms. The van der Waals surface area contributed by atoms with Crippen molar-refractivity contribution in [1.29, 1.82) is 0 Å². The summed E-state index contributed by atoms with van der Waals surface area (Å²) < 4.78 is 11.0. The zero-order valence-corrected chi connectivity index (χ0v) is 20.1. The Morgan fingerprint density at radius 3 is 1.81 bits per heavy atom. The van der Waals surface area contributed by atoms with Crippen LogP contribution in [0.2, 0.25) is 0 Å². The van der Waals surface area contributed by atoms with Gasteiger partial charge in [0.15, 0.2) is 0 Å². The summed E-state index contributed by atoms with van der Waals surface area (Å²) in [7, 11) is 0. The van der Waals surface area contributed by atoms with E-state index in [4.69, 9.17) is 9.47 Å². The Bertz CT molecular complexity index is 415. The van der Waals surface area contributed by atoms with Crippen molar-refractivity contribution in [3.8, 4) is 0 Å². The highest BCUT2D eigenvalue weighted by Crippen LogP contribution is 2.20. The maximum Gasteiger partial charge on any atom is 0.114 e. The monoisotopic (exact) mass is 442 g/mol. The van der Waals surface area contributed by atoms with Crippen LogP contribution in [-0.2, 0) is 9.47 Å². The number of unbranched alkanes of at least 4 members (excludes halogenated alkanes) is 14. The highest BCUT2D eigenvalue weighted by Gasteiger charge is 2.40. The summed E-state index contributed by atoms with van der Waals surface area (Å²) in [5, 5.41) is 28.8. The molecular weight excluding hydrogens is 392 g/mol. The largest absolute Gasteiger partial charge is 0.394 e. The number of hydrogen-bond acceptors (Lipinski definition) is 5. The van der Waals surface area contributed by atoms with Crippen LogP contribution in [0.5, 0.6) is 0 Å². The van der Waals surface area contributed by atoms with Gasteiger partial charge in [-0.2, -0.15) is 0 Å². The van der Waals surface area contributed by atoms with E-state index in [0.29, 0.717) is 6.61 Å². The molecule has 1 rings (SSSR count). The summed E-state index contributed by atoms with van der Waals surface area (Å²) in [6.07, 6.45) is 22.3. The highest BCUT2D eigenvalue weighted by molar-refractivity contribution is 4.88. The lowest BCUT2D eigenvalue weighted by Crippen LogP contribution is -2.42. The maximum absolute atomic E-state index is 9.85. The van der Waals surface area contributed by atoms with Crippen molar-refractivity contribution >= 4 is 0 Å². The number of allylic oxidation sites excluding steroid dienone is 2. The van der Waals surface area contributed by atoms with Crippen LogP contribution in [-0.4, -0.2) is 59.6 Å². The third-order valence-electron chi connectivity index (χ3n) is 6.22. The molecule has 0 unspecified atom stereocenters. The molecule has 1 heterocycles. The fraction of sp³-hybridized carbons (Fsp3) is 0.923. The average molecular weight is 443 g/mol. The van der Waals surface area contributed by atoms with E-state index < -0.39 is 24.4 Å². The Balaban J connectivity index is 1.81. The molecule has 5 nitrogen and oxygen atoms in total. The number of aliphatic hydroxyl groups excluding tert-OH is 3. The van der Waals surface area contributed by atoms with Gasteiger partial charge in [0.2, 0.25) is 0 Å². The summed E-state index contributed by atoms with van der Waals surface area (Å²) in [5.41, 5.74) is 0. The molecule has 1 fully saturated rings. The molecule has 0 aromatic rings. The van der Waals surface area contributed by atoms with Crippen molar-refractivity contribution in [1.82, 2.24) is 0 Å². The topological polar surface area (TPSA) is 79.2 Å². The summed E-state index contributed by atoms with van der Waals surface area (Å²) in [6.45, 7) is 2.71. The van der Waals surface area contributed by atoms with Crippen LogP contribution in [0.25, 0.3) is 0 Å². The molecule has 0 saturated carbocycles. The number of hydrogen-bond donors (Lipinski definition) is 3. The van der Waals surface area contributed by atoms with Gasteiger partial charge in [-0.3, -0.25) is 0 Å². The second-order valence-electron chi connectivity index (χ2n) is 9.09. The first-order valence-electron chi connectivity index (χ1n) is 13.1. The van der Waals surface area contributed by atoms with E-state index in [1.807, 2.05) is 0 Å². The molecule has 1 aliphatic heterocycles. The van der Waals surface area contributed by atoms with Crippen LogP contribution in [0.15, 0.2) is 12.2 Å². The first-order valence-corrected chi connectivity index (χ1v) is 13.1. The van der Waals surface area contributed by atoms with Gasteiger partial charge in [-0.1, -0.05) is 89.7 Å². The van der Waals surface area contributed by atoms with E-state index in [1.54, 1.807) is 0 Å². The molecule has 31 heavy (non-hydrogen) atoms. The van der Waals surface area contributed by atoms with Gasteiger partial charge >= 0.3 is 0 Å². The smallest absolute Gasteiger partial charge is 0.114 e. The Labute approximate surface area is 191 Å². The molecule has 0 spiro atoms. The van der Waals surface area contributed by atoms with Gasteiger partial charge in [0.05, 0.1) is 13.2 Å². The summed E-state index contributed by atoms with van der Waals surface area (Å²) in [6, 6.07) is 0. The highest BCUT2D eigenvalue weighted by atomic mass is 16.6. The van der Waals surface area contributed by atoms with E-state index in [-0.39, 0.29) is 13.2 Å². The molecule has 0 radical (unpaired) electrons. The predicted octanol–water partition coefficient (Wildman–Crippen LogP) is 5.30. The molecule has 3 N–H and O–H groups in total. The van der Waals surface area contributed by atoms with Gasteiger partial charge in [-0.15, -0.1) is 0 Å². The summed E-state index contributed by atoms with van der Waals surface area (Å²) >= 11 is 0. The molecule has 0 bridgehead atoms. The molecule has 0 aromatic heterocycles. The van der Waals surface area contributed by atoms with Crippen LogP contribution >= 0.6 is 0 Å². The average Bonchev–Trinajstić information content (AvgIpc) is 3.11. The van der Waals surface area contributed by atoms with Gasteiger partial charge in [-0.05, 0) is 32.1 Å². The second-order valence-corrected chi connectivity index (χ2v) is 9.09. The summed E-state index contributed by atoms with van der Waals surface area (Å²) in [4.78, 5) is 0. The van der Waals surface area contributed by atoms with Gasteiger partial charge in [0.25, 0.3) is 0 Å². The molecule has 0 aromatic carbocycles. The fourth-order valence-electron chi connectivity index (χ4n) is 4.14. The van der Waals surface area contributed by atoms with Crippen LogP contribution in [0.4, 0.5) is 0 Å². The molecule has 4 atom stereocenters. The van der Waals surface area contributed by atoms with Crippen molar-refractivity contribution in [2.45, 2.75) is 134 Å². The lowest BCUT2D eigenvalue weighted by atomic mass is 10.1. The van der Waals surface area contributed by atoms with E-state index in [0.717, 1.165) is 12.8 Å². The van der Waals surface area contributed by atoms with Crippen molar-refractivity contribution in [2.75, 3.05) is 19.8 Å². The van der Waals surface area contributed by atoms with Gasteiger partial charge in [-0.25, -0.2) is 0 Å². The predicted molar refractivity (Wildman–Crippen MR) is 127 cm³/mol. The van der Waals surface area contributed by atoms with E-state index in [2.05, 4.69) is 19.1 Å². The van der Waals surface area contributed by atoms with E-state index >= 15 is 0 Å². The Hall–Kier alpha value is -0.460. The molecule has 1 aliphatic rings. The zero-order chi connectivity index (χ0) is 22.6. The van der Waals surface area contributed by atoms with Crippen molar-refractivity contribution in [2.24, 2.45) is 0 Å². The normalized spacial score (nSPS) is 22.5. The molecule has 184 valence electrons. The lowest BCUT2D eigenvalue weighted by molar-refractivity contribution is -0.101. The van der Waals surface area contributed by atoms with E-state index in [9.17, 15) is 15.3 Å². The Morgan fingerprint density at radius 2 is 1.32 bits per heavy atom. The van der Waals surface area contributed by atoms with Gasteiger partial charge in [0, 0.05) is 6.61 Å². The number of ether oxygens (including phenoxy) is 2. The first-order chi connectivity index (χ1) is 15.2. The minimum absolute atomic E-state index is 0.0991. The maximum atomic E-state index is 9.85. The quantitative estimate of drug-likeness (QED) is 0.166. The Kier molecular flexibility index (Phi) is 18.6. The molecular formula is C26H50O5. The van der Waals surface area contributed by atoms with Crippen LogP contribution in [0.1, 0.15) is 110 Å². The number of rotatable bonds is 21. The fourth-order valence-corrected chi connectivity index (χ4v) is 4.14. The van der Waals surface area contributed by atoms with Crippen LogP contribution in [0, 0.1) is 0 Å². The molecule has 1 saturated heterocycles. The van der Waals surface area contributed by atoms with Crippen LogP contribution < -0.4 is 0 Å². The van der Waals surface area contributed by atoms with Gasteiger partial charge < -0.3 is 24.8 Å². The van der Waals surface area contributed by atoms with Crippen molar-refractivity contribution in [3.05, 3.63) is 12.2 Å². The van der Waals surface area contributed by atoms with Crippen molar-refractivity contribution < 1.29 is 24.8 Å². The van der Waals surface area contributed by atoms with Crippen LogP contribution in [0.3, 0.4) is 0 Å². The molecule has 0 aliphatic carbocycles. The Morgan fingerprint density at radius 1 is 0.806 bits per heavy atom. The molecule has 0 amide bonds. The van der Waals surface area contributed by atoms with Crippen molar-refractivity contribution in [3.63, 3.8) is 0 Å². The second kappa shape index (κ2) is 20.2. The summed E-state index contributed by atoms with van der Waals surface area (Å²) in [5.74, 6) is 0. The first kappa shape index (κ1) is 28.6. The standard InChI is InChI=1S/C26H50O5/c1-2-3-4-5-6-7-8-9-10-11-12-13-14-15-16-17-18-19-20-30-24(21-27)26-25(29)23(28)22-31-26/h7-8,23-29H,2-6,9-22H2,1H3/b8-7+/t23-,24+,25+,26+/m0/s1. The SMILES string of the molecule is CCCCCC/C=C/CCCCCCCCCCCCO[C@H](CO)[C@H]1OC[C@H](O)[C@H]1O. The number of aliphatic hydroxyl groups is 3.